The van der Waals surface area contributed by atoms with Gasteiger partial charge in [0.05, 0.1) is 5.69 Å². The number of hydrogen-bond donors (Lipinski definition) is 1. The third-order valence-corrected chi connectivity index (χ3v) is 4.69. The van der Waals surface area contributed by atoms with Crippen LogP contribution in [0, 0.1) is 13.8 Å². The molecule has 0 fully saturated rings. The van der Waals surface area contributed by atoms with Gasteiger partial charge in [0.1, 0.15) is 0 Å². The van der Waals surface area contributed by atoms with E-state index < -0.39 is 0 Å². The van der Waals surface area contributed by atoms with Gasteiger partial charge in [-0.15, -0.1) is 11.3 Å². The maximum absolute atomic E-state index is 4.71. The summed E-state index contributed by atoms with van der Waals surface area (Å²) in [5, 5.41) is 4.55. The summed E-state index contributed by atoms with van der Waals surface area (Å²) in [7, 11) is 2.11. The molecule has 114 valence electrons. The Kier molecular flexibility index (Phi) is 5.76. The fourth-order valence-electron chi connectivity index (χ4n) is 2.27. The molecule has 0 saturated heterocycles. The van der Waals surface area contributed by atoms with Crippen LogP contribution in [0.25, 0.3) is 0 Å². The van der Waals surface area contributed by atoms with Gasteiger partial charge in [-0.1, -0.05) is 36.8 Å². The molecule has 0 aliphatic rings. The Morgan fingerprint density at radius 1 is 1.29 bits per heavy atom. The van der Waals surface area contributed by atoms with Crippen LogP contribution in [0.3, 0.4) is 0 Å². The number of nitrogens with one attached hydrogen (secondary N) is 1. The van der Waals surface area contributed by atoms with Crippen molar-refractivity contribution in [2.24, 2.45) is 0 Å². The Morgan fingerprint density at radius 3 is 2.81 bits per heavy atom. The van der Waals surface area contributed by atoms with Crippen molar-refractivity contribution in [1.82, 2.24) is 10.3 Å². The molecule has 0 bridgehead atoms. The summed E-state index contributed by atoms with van der Waals surface area (Å²) >= 11 is 1.79. The fourth-order valence-corrected chi connectivity index (χ4v) is 3.26. The highest BCUT2D eigenvalue weighted by Crippen LogP contribution is 2.26. The second kappa shape index (κ2) is 7.57. The molecule has 1 aromatic carbocycles. The number of benzene rings is 1. The number of rotatable bonds is 7. The van der Waals surface area contributed by atoms with Crippen molar-refractivity contribution in [2.45, 2.75) is 40.3 Å². The minimum atomic E-state index is 0.899. The third kappa shape index (κ3) is 4.55. The molecule has 0 spiro atoms. The van der Waals surface area contributed by atoms with E-state index in [0.717, 1.165) is 36.9 Å². The molecule has 0 saturated carbocycles. The Balaban J connectivity index is 2.02. The first-order chi connectivity index (χ1) is 10.1. The summed E-state index contributed by atoms with van der Waals surface area (Å²) in [5.74, 6) is 0. The largest absolute Gasteiger partial charge is 0.347 e. The van der Waals surface area contributed by atoms with E-state index in [9.17, 15) is 0 Å². The maximum Gasteiger partial charge on any atom is 0.185 e. The Hall–Kier alpha value is -1.39. The maximum atomic E-state index is 4.71. The summed E-state index contributed by atoms with van der Waals surface area (Å²) in [5.41, 5.74) is 3.78. The van der Waals surface area contributed by atoms with Gasteiger partial charge in [0, 0.05) is 25.0 Å². The van der Waals surface area contributed by atoms with Gasteiger partial charge in [-0.3, -0.25) is 0 Å². The molecule has 3 nitrogen and oxygen atoms in total. The van der Waals surface area contributed by atoms with Gasteiger partial charge in [0.25, 0.3) is 0 Å². The molecule has 4 heteroatoms. The van der Waals surface area contributed by atoms with Crippen LogP contribution >= 0.6 is 11.3 Å². The molecule has 0 unspecified atom stereocenters. The first-order valence-electron chi connectivity index (χ1n) is 7.54. The van der Waals surface area contributed by atoms with Crippen molar-refractivity contribution in [2.75, 3.05) is 18.5 Å². The summed E-state index contributed by atoms with van der Waals surface area (Å²) in [6, 6.07) is 8.66. The Bertz CT molecular complexity index is 577. The molecule has 0 aliphatic carbocycles. The van der Waals surface area contributed by atoms with Crippen LogP contribution < -0.4 is 10.2 Å². The second-order valence-electron chi connectivity index (χ2n) is 5.53. The lowest BCUT2D eigenvalue weighted by molar-refractivity contribution is 0.678. The molecule has 2 rings (SSSR count). The quantitative estimate of drug-likeness (QED) is 0.786. The van der Waals surface area contributed by atoms with Crippen molar-refractivity contribution < 1.29 is 0 Å². The van der Waals surface area contributed by atoms with Gasteiger partial charge in [0.2, 0.25) is 0 Å². The summed E-state index contributed by atoms with van der Waals surface area (Å²) < 4.78 is 0. The SMILES string of the molecule is CCCNCc1sc(N(C)Cc2cccc(C)c2)nc1C. The van der Waals surface area contributed by atoms with Gasteiger partial charge < -0.3 is 10.2 Å². The molecule has 21 heavy (non-hydrogen) atoms. The average Bonchev–Trinajstić information content (AvgIpc) is 2.81. The minimum Gasteiger partial charge on any atom is -0.347 e. The molecule has 1 heterocycles. The molecule has 0 aliphatic heterocycles. The molecular weight excluding hydrogens is 278 g/mol. The first-order valence-corrected chi connectivity index (χ1v) is 8.35. The monoisotopic (exact) mass is 303 g/mol. The van der Waals surface area contributed by atoms with E-state index in [4.69, 9.17) is 4.98 Å². The standard InChI is InChI=1S/C17H25N3S/c1-5-9-18-11-16-14(3)19-17(21-16)20(4)12-15-8-6-7-13(2)10-15/h6-8,10,18H,5,9,11-12H2,1-4H3. The Labute approximate surface area is 132 Å². The Morgan fingerprint density at radius 2 is 2.10 bits per heavy atom. The number of hydrogen-bond acceptors (Lipinski definition) is 4. The highest BCUT2D eigenvalue weighted by Gasteiger charge is 2.11. The number of nitrogens with zero attached hydrogens (tertiary/aromatic N) is 2. The second-order valence-corrected chi connectivity index (χ2v) is 6.59. The first kappa shape index (κ1) is 16.0. The van der Waals surface area contributed by atoms with Crippen LogP contribution in [0.1, 0.15) is 35.0 Å². The van der Waals surface area contributed by atoms with Crippen LogP contribution in [0.4, 0.5) is 5.13 Å². The van der Waals surface area contributed by atoms with Gasteiger partial charge >= 0.3 is 0 Å². The van der Waals surface area contributed by atoms with Gasteiger partial charge in [0.15, 0.2) is 5.13 Å². The normalized spacial score (nSPS) is 10.9. The van der Waals surface area contributed by atoms with Crippen LogP contribution in [0.15, 0.2) is 24.3 Å². The zero-order valence-corrected chi connectivity index (χ0v) is 14.3. The number of aryl methyl sites for hydroxylation is 2. The molecule has 1 N–H and O–H groups in total. The smallest absolute Gasteiger partial charge is 0.185 e. The van der Waals surface area contributed by atoms with E-state index in [-0.39, 0.29) is 0 Å². The predicted octanol–water partition coefficient (Wildman–Crippen LogP) is 3.90. The van der Waals surface area contributed by atoms with E-state index >= 15 is 0 Å². The summed E-state index contributed by atoms with van der Waals surface area (Å²) in [6.45, 7) is 9.31. The van der Waals surface area contributed by atoms with E-state index in [1.165, 1.54) is 16.0 Å². The topological polar surface area (TPSA) is 28.2 Å². The number of thiazole rings is 1. The zero-order valence-electron chi connectivity index (χ0n) is 13.4. The van der Waals surface area contributed by atoms with Gasteiger partial charge in [-0.2, -0.15) is 0 Å². The molecule has 0 amide bonds. The van der Waals surface area contributed by atoms with Crippen molar-refractivity contribution in [1.29, 1.82) is 0 Å². The van der Waals surface area contributed by atoms with Crippen LogP contribution in [-0.4, -0.2) is 18.6 Å². The molecule has 2 aromatic rings. The van der Waals surface area contributed by atoms with Gasteiger partial charge in [-0.25, -0.2) is 4.98 Å². The molecule has 0 atom stereocenters. The van der Waals surface area contributed by atoms with Crippen molar-refractivity contribution in [3.63, 3.8) is 0 Å². The summed E-state index contributed by atoms with van der Waals surface area (Å²) in [6.07, 6.45) is 1.16. The van der Waals surface area contributed by atoms with E-state index in [1.54, 1.807) is 11.3 Å². The molecule has 0 radical (unpaired) electrons. The van der Waals surface area contributed by atoms with E-state index in [0.29, 0.717) is 0 Å². The number of anilines is 1. The zero-order chi connectivity index (χ0) is 15.2. The predicted molar refractivity (Wildman–Crippen MR) is 92.1 cm³/mol. The van der Waals surface area contributed by atoms with Gasteiger partial charge in [-0.05, 0) is 32.4 Å². The van der Waals surface area contributed by atoms with Crippen LogP contribution in [0.5, 0.6) is 0 Å². The lowest BCUT2D eigenvalue weighted by Gasteiger charge is -2.16. The highest BCUT2D eigenvalue weighted by atomic mass is 32.1. The lowest BCUT2D eigenvalue weighted by atomic mass is 10.1. The van der Waals surface area contributed by atoms with Crippen molar-refractivity contribution in [3.8, 4) is 0 Å². The van der Waals surface area contributed by atoms with Crippen molar-refractivity contribution >= 4 is 16.5 Å². The fraction of sp³-hybridized carbons (Fsp3) is 0.471. The van der Waals surface area contributed by atoms with Crippen molar-refractivity contribution in [3.05, 3.63) is 46.0 Å². The molecular formula is C17H25N3S. The summed E-state index contributed by atoms with van der Waals surface area (Å²) in [4.78, 5) is 8.29. The number of aromatic nitrogens is 1. The highest BCUT2D eigenvalue weighted by molar-refractivity contribution is 7.15. The molecule has 1 aromatic heterocycles. The third-order valence-electron chi connectivity index (χ3n) is 3.42. The van der Waals surface area contributed by atoms with E-state index in [1.807, 2.05) is 0 Å². The minimum absolute atomic E-state index is 0.899. The van der Waals surface area contributed by atoms with Crippen LogP contribution in [-0.2, 0) is 13.1 Å². The lowest BCUT2D eigenvalue weighted by Crippen LogP contribution is -2.16. The average molecular weight is 303 g/mol. The van der Waals surface area contributed by atoms with Crippen LogP contribution in [0.2, 0.25) is 0 Å². The van der Waals surface area contributed by atoms with E-state index in [2.05, 4.69) is 62.3 Å².